The molecule has 0 radical (unpaired) electrons. The first-order chi connectivity index (χ1) is 12.1. The van der Waals surface area contributed by atoms with Crippen LogP contribution in [0.3, 0.4) is 0 Å². The standard InChI is InChI=1S/C19H19N5O/c1-13-6-7-15(11-14(13)2)23-19-21-10-8-17(24-19)18(25)22-12-16-5-3-4-9-20-16/h3-11H,12H2,1-2H3,(H,22,25)(H,21,23,24). The van der Waals surface area contributed by atoms with Crippen molar-refractivity contribution in [1.82, 2.24) is 20.3 Å². The summed E-state index contributed by atoms with van der Waals surface area (Å²) in [4.78, 5) is 24.9. The van der Waals surface area contributed by atoms with Gasteiger partial charge >= 0.3 is 0 Å². The molecule has 0 saturated carbocycles. The monoisotopic (exact) mass is 333 g/mol. The summed E-state index contributed by atoms with van der Waals surface area (Å²) < 4.78 is 0. The van der Waals surface area contributed by atoms with Crippen molar-refractivity contribution in [3.8, 4) is 0 Å². The minimum atomic E-state index is -0.267. The molecular formula is C19H19N5O. The Morgan fingerprint density at radius 3 is 2.64 bits per heavy atom. The van der Waals surface area contributed by atoms with Crippen molar-refractivity contribution in [2.45, 2.75) is 20.4 Å². The molecule has 0 aliphatic heterocycles. The lowest BCUT2D eigenvalue weighted by Gasteiger charge is -2.09. The number of carbonyl (C=O) groups excluding carboxylic acids is 1. The first kappa shape index (κ1) is 16.6. The topological polar surface area (TPSA) is 79.8 Å². The van der Waals surface area contributed by atoms with Gasteiger partial charge in [-0.2, -0.15) is 0 Å². The molecule has 0 fully saturated rings. The fourth-order valence-electron chi connectivity index (χ4n) is 2.26. The van der Waals surface area contributed by atoms with E-state index in [2.05, 4.69) is 32.5 Å². The van der Waals surface area contributed by atoms with Gasteiger partial charge in [0.2, 0.25) is 5.95 Å². The molecule has 0 spiro atoms. The maximum Gasteiger partial charge on any atom is 0.270 e. The number of hydrogen-bond acceptors (Lipinski definition) is 5. The number of rotatable bonds is 5. The van der Waals surface area contributed by atoms with Crippen molar-refractivity contribution in [1.29, 1.82) is 0 Å². The number of benzene rings is 1. The lowest BCUT2D eigenvalue weighted by molar-refractivity contribution is 0.0945. The van der Waals surface area contributed by atoms with Gasteiger partial charge in [0.15, 0.2) is 0 Å². The summed E-state index contributed by atoms with van der Waals surface area (Å²) in [5.74, 6) is 0.116. The summed E-state index contributed by atoms with van der Waals surface area (Å²) >= 11 is 0. The van der Waals surface area contributed by atoms with Crippen LogP contribution in [0, 0.1) is 13.8 Å². The van der Waals surface area contributed by atoms with Crippen LogP contribution >= 0.6 is 0 Å². The Kier molecular flexibility index (Phi) is 4.99. The lowest BCUT2D eigenvalue weighted by atomic mass is 10.1. The highest BCUT2D eigenvalue weighted by molar-refractivity contribution is 5.92. The zero-order chi connectivity index (χ0) is 17.6. The fourth-order valence-corrected chi connectivity index (χ4v) is 2.26. The van der Waals surface area contributed by atoms with E-state index >= 15 is 0 Å². The molecule has 0 saturated heterocycles. The van der Waals surface area contributed by atoms with Crippen LogP contribution < -0.4 is 10.6 Å². The van der Waals surface area contributed by atoms with E-state index in [4.69, 9.17) is 0 Å². The highest BCUT2D eigenvalue weighted by Crippen LogP contribution is 2.17. The molecule has 2 aromatic heterocycles. The van der Waals surface area contributed by atoms with Gasteiger partial charge in [0.1, 0.15) is 5.69 Å². The molecule has 6 nitrogen and oxygen atoms in total. The van der Waals surface area contributed by atoms with Gasteiger partial charge in [-0.3, -0.25) is 9.78 Å². The van der Waals surface area contributed by atoms with Crippen molar-refractivity contribution >= 4 is 17.5 Å². The van der Waals surface area contributed by atoms with Crippen LogP contribution in [0.25, 0.3) is 0 Å². The van der Waals surface area contributed by atoms with Crippen molar-refractivity contribution in [2.75, 3.05) is 5.32 Å². The van der Waals surface area contributed by atoms with Gasteiger partial charge in [-0.1, -0.05) is 12.1 Å². The Morgan fingerprint density at radius 1 is 1.00 bits per heavy atom. The summed E-state index contributed by atoms with van der Waals surface area (Å²) in [5, 5.41) is 5.93. The second kappa shape index (κ2) is 7.53. The van der Waals surface area contributed by atoms with Crippen LogP contribution in [0.5, 0.6) is 0 Å². The number of nitrogens with zero attached hydrogens (tertiary/aromatic N) is 3. The van der Waals surface area contributed by atoms with Crippen LogP contribution in [-0.2, 0) is 6.54 Å². The van der Waals surface area contributed by atoms with Gasteiger partial charge < -0.3 is 10.6 Å². The van der Waals surface area contributed by atoms with E-state index in [0.29, 0.717) is 18.2 Å². The van der Waals surface area contributed by atoms with Crippen molar-refractivity contribution in [3.05, 3.63) is 77.4 Å². The second-order valence-electron chi connectivity index (χ2n) is 5.69. The molecule has 6 heteroatoms. The smallest absolute Gasteiger partial charge is 0.270 e. The zero-order valence-electron chi connectivity index (χ0n) is 14.2. The van der Waals surface area contributed by atoms with E-state index in [1.54, 1.807) is 18.5 Å². The molecule has 0 atom stereocenters. The number of hydrogen-bond donors (Lipinski definition) is 2. The molecule has 0 bridgehead atoms. The number of aromatic nitrogens is 3. The molecule has 2 heterocycles. The molecular weight excluding hydrogens is 314 g/mol. The maximum absolute atomic E-state index is 12.3. The summed E-state index contributed by atoms with van der Waals surface area (Å²) in [6.45, 7) is 4.45. The largest absolute Gasteiger partial charge is 0.345 e. The number of pyridine rings is 1. The normalized spacial score (nSPS) is 10.3. The SMILES string of the molecule is Cc1ccc(Nc2nccc(C(=O)NCc3ccccn3)n2)cc1C. The van der Waals surface area contributed by atoms with Crippen LogP contribution in [0.1, 0.15) is 27.3 Å². The van der Waals surface area contributed by atoms with Crippen molar-refractivity contribution < 1.29 is 4.79 Å². The third kappa shape index (κ3) is 4.38. The van der Waals surface area contributed by atoms with E-state index in [0.717, 1.165) is 11.4 Å². The third-order valence-electron chi connectivity index (χ3n) is 3.81. The summed E-state index contributed by atoms with van der Waals surface area (Å²) in [5.41, 5.74) is 4.37. The molecule has 2 N–H and O–H groups in total. The van der Waals surface area contributed by atoms with Crippen LogP contribution in [0.4, 0.5) is 11.6 Å². The van der Waals surface area contributed by atoms with E-state index in [1.807, 2.05) is 43.3 Å². The predicted molar refractivity (Wildman–Crippen MR) is 96.6 cm³/mol. The minimum absolute atomic E-state index is 0.267. The van der Waals surface area contributed by atoms with Crippen LogP contribution in [0.2, 0.25) is 0 Å². The summed E-state index contributed by atoms with van der Waals surface area (Å²) in [6, 6.07) is 13.2. The maximum atomic E-state index is 12.3. The Bertz CT molecular complexity index is 880. The van der Waals surface area contributed by atoms with E-state index in [9.17, 15) is 4.79 Å². The molecule has 3 rings (SSSR count). The van der Waals surface area contributed by atoms with Gasteiger partial charge in [0.05, 0.1) is 12.2 Å². The summed E-state index contributed by atoms with van der Waals surface area (Å²) in [7, 11) is 0. The number of nitrogens with one attached hydrogen (secondary N) is 2. The van der Waals surface area contributed by atoms with Crippen LogP contribution in [-0.4, -0.2) is 20.9 Å². The first-order valence-corrected chi connectivity index (χ1v) is 7.97. The Labute approximate surface area is 146 Å². The van der Waals surface area contributed by atoms with Gasteiger partial charge in [0.25, 0.3) is 5.91 Å². The average Bonchev–Trinajstić information content (AvgIpc) is 2.64. The lowest BCUT2D eigenvalue weighted by Crippen LogP contribution is -2.24. The molecule has 1 amide bonds. The molecule has 126 valence electrons. The van der Waals surface area contributed by atoms with Gasteiger partial charge in [-0.15, -0.1) is 0 Å². The number of amides is 1. The molecule has 1 aromatic carbocycles. The number of carbonyl (C=O) groups is 1. The molecule has 0 unspecified atom stereocenters. The number of aryl methyl sites for hydroxylation is 2. The van der Waals surface area contributed by atoms with Gasteiger partial charge in [-0.05, 0) is 55.3 Å². The van der Waals surface area contributed by atoms with Crippen LogP contribution in [0.15, 0.2) is 54.9 Å². The quantitative estimate of drug-likeness (QED) is 0.750. The first-order valence-electron chi connectivity index (χ1n) is 7.97. The molecule has 3 aromatic rings. The fraction of sp³-hybridized carbons (Fsp3) is 0.158. The van der Waals surface area contributed by atoms with Crippen molar-refractivity contribution in [3.63, 3.8) is 0 Å². The molecule has 0 aliphatic carbocycles. The minimum Gasteiger partial charge on any atom is -0.345 e. The number of anilines is 2. The Balaban J connectivity index is 1.68. The van der Waals surface area contributed by atoms with Gasteiger partial charge in [0, 0.05) is 18.1 Å². The highest BCUT2D eigenvalue weighted by Gasteiger charge is 2.09. The molecule has 0 aliphatic rings. The Morgan fingerprint density at radius 2 is 1.88 bits per heavy atom. The van der Waals surface area contributed by atoms with Gasteiger partial charge in [-0.25, -0.2) is 9.97 Å². The van der Waals surface area contributed by atoms with E-state index < -0.39 is 0 Å². The summed E-state index contributed by atoms with van der Waals surface area (Å²) in [6.07, 6.45) is 3.25. The zero-order valence-corrected chi connectivity index (χ0v) is 14.2. The van der Waals surface area contributed by atoms with Crippen molar-refractivity contribution in [2.24, 2.45) is 0 Å². The highest BCUT2D eigenvalue weighted by atomic mass is 16.1. The van der Waals surface area contributed by atoms with E-state index in [-0.39, 0.29) is 5.91 Å². The molecule has 25 heavy (non-hydrogen) atoms. The van der Waals surface area contributed by atoms with E-state index in [1.165, 1.54) is 11.1 Å². The third-order valence-corrected chi connectivity index (χ3v) is 3.81. The second-order valence-corrected chi connectivity index (χ2v) is 5.69. The predicted octanol–water partition coefficient (Wildman–Crippen LogP) is 3.16. The average molecular weight is 333 g/mol. The Hall–Kier alpha value is -3.28.